The van der Waals surface area contributed by atoms with Gasteiger partial charge in [0.2, 0.25) is 0 Å². The highest BCUT2D eigenvalue weighted by molar-refractivity contribution is 5.72. The van der Waals surface area contributed by atoms with Gasteiger partial charge in [0, 0.05) is 6.54 Å². The van der Waals surface area contributed by atoms with E-state index in [1.807, 2.05) is 17.9 Å². The molecule has 0 aliphatic heterocycles. The van der Waals surface area contributed by atoms with E-state index in [1.165, 1.54) is 12.1 Å². The second-order valence-electron chi connectivity index (χ2n) is 4.43. The van der Waals surface area contributed by atoms with E-state index >= 15 is 0 Å². The Morgan fingerprint density at radius 2 is 2.17 bits per heavy atom. The Hall–Kier alpha value is -1.42. The van der Waals surface area contributed by atoms with Gasteiger partial charge in [-0.3, -0.25) is 9.69 Å². The maximum absolute atomic E-state index is 13.0. The SMILES string of the molecule is CCCN(CCc1cccc(F)c1)C(C)C(=O)O. The molecule has 0 aliphatic rings. The second kappa shape index (κ2) is 7.11. The number of carbonyl (C=O) groups is 1. The van der Waals surface area contributed by atoms with Crippen LogP contribution in [0.15, 0.2) is 24.3 Å². The molecule has 1 aromatic carbocycles. The summed E-state index contributed by atoms with van der Waals surface area (Å²) in [4.78, 5) is 12.9. The number of rotatable bonds is 7. The molecule has 1 N–H and O–H groups in total. The zero-order valence-corrected chi connectivity index (χ0v) is 10.9. The molecule has 0 saturated carbocycles. The lowest BCUT2D eigenvalue weighted by atomic mass is 10.1. The van der Waals surface area contributed by atoms with Gasteiger partial charge in [-0.25, -0.2) is 4.39 Å². The summed E-state index contributed by atoms with van der Waals surface area (Å²) in [6.07, 6.45) is 1.57. The van der Waals surface area contributed by atoms with Gasteiger partial charge in [0.15, 0.2) is 0 Å². The van der Waals surface area contributed by atoms with Crippen LogP contribution >= 0.6 is 0 Å². The zero-order chi connectivity index (χ0) is 13.5. The summed E-state index contributed by atoms with van der Waals surface area (Å²) in [6, 6.07) is 5.94. The average Bonchev–Trinajstić information content (AvgIpc) is 2.33. The number of carboxylic acids is 1. The van der Waals surface area contributed by atoms with E-state index in [4.69, 9.17) is 5.11 Å². The van der Waals surface area contributed by atoms with Gasteiger partial charge in [0.25, 0.3) is 0 Å². The number of nitrogens with zero attached hydrogens (tertiary/aromatic N) is 1. The molecular weight excluding hydrogens is 233 g/mol. The summed E-state index contributed by atoms with van der Waals surface area (Å²) >= 11 is 0. The first-order valence-corrected chi connectivity index (χ1v) is 6.26. The fourth-order valence-corrected chi connectivity index (χ4v) is 1.91. The van der Waals surface area contributed by atoms with E-state index in [2.05, 4.69) is 0 Å². The van der Waals surface area contributed by atoms with Crippen molar-refractivity contribution in [2.75, 3.05) is 13.1 Å². The summed E-state index contributed by atoms with van der Waals surface area (Å²) in [7, 11) is 0. The van der Waals surface area contributed by atoms with Gasteiger partial charge in [0.1, 0.15) is 11.9 Å². The summed E-state index contributed by atoms with van der Waals surface area (Å²) in [5, 5.41) is 9.02. The van der Waals surface area contributed by atoms with Gasteiger partial charge >= 0.3 is 5.97 Å². The van der Waals surface area contributed by atoms with E-state index in [0.29, 0.717) is 13.0 Å². The third-order valence-corrected chi connectivity index (χ3v) is 2.99. The smallest absolute Gasteiger partial charge is 0.320 e. The Labute approximate surface area is 107 Å². The molecule has 1 atom stereocenters. The molecule has 0 aromatic heterocycles. The Kier molecular flexibility index (Phi) is 5.78. The molecular formula is C14H20FNO2. The predicted octanol–water partition coefficient (Wildman–Crippen LogP) is 2.55. The summed E-state index contributed by atoms with van der Waals surface area (Å²) in [5.74, 6) is -1.07. The van der Waals surface area contributed by atoms with Gasteiger partial charge < -0.3 is 5.11 Å². The lowest BCUT2D eigenvalue weighted by Crippen LogP contribution is -2.40. The van der Waals surface area contributed by atoms with E-state index in [9.17, 15) is 9.18 Å². The molecule has 0 radical (unpaired) electrons. The molecule has 0 spiro atoms. The molecule has 1 aromatic rings. The molecule has 3 nitrogen and oxygen atoms in total. The van der Waals surface area contributed by atoms with E-state index in [-0.39, 0.29) is 5.82 Å². The summed E-state index contributed by atoms with van der Waals surface area (Å²) < 4.78 is 13.0. The van der Waals surface area contributed by atoms with Gasteiger partial charge in [-0.15, -0.1) is 0 Å². The normalized spacial score (nSPS) is 12.7. The Morgan fingerprint density at radius 1 is 1.44 bits per heavy atom. The fraction of sp³-hybridized carbons (Fsp3) is 0.500. The zero-order valence-electron chi connectivity index (χ0n) is 10.9. The first kappa shape index (κ1) is 14.6. The van der Waals surface area contributed by atoms with Crippen LogP contribution < -0.4 is 0 Å². The number of carboxylic acid groups (broad SMARTS) is 1. The van der Waals surface area contributed by atoms with Crippen LogP contribution in [0.3, 0.4) is 0 Å². The molecule has 18 heavy (non-hydrogen) atoms. The largest absolute Gasteiger partial charge is 0.480 e. The minimum atomic E-state index is -0.817. The molecule has 0 amide bonds. The fourth-order valence-electron chi connectivity index (χ4n) is 1.91. The van der Waals surface area contributed by atoms with Crippen LogP contribution in [0.4, 0.5) is 4.39 Å². The van der Waals surface area contributed by atoms with Crippen molar-refractivity contribution in [1.29, 1.82) is 0 Å². The van der Waals surface area contributed by atoms with Crippen LogP contribution in [0, 0.1) is 5.82 Å². The van der Waals surface area contributed by atoms with Gasteiger partial charge in [-0.2, -0.15) is 0 Å². The summed E-state index contributed by atoms with van der Waals surface area (Å²) in [6.45, 7) is 5.07. The van der Waals surface area contributed by atoms with E-state index in [0.717, 1.165) is 18.5 Å². The second-order valence-corrected chi connectivity index (χ2v) is 4.43. The van der Waals surface area contributed by atoms with Crippen molar-refractivity contribution in [2.24, 2.45) is 0 Å². The molecule has 0 fully saturated rings. The monoisotopic (exact) mass is 253 g/mol. The standard InChI is InChI=1S/C14H20FNO2/c1-3-8-16(11(2)14(17)18)9-7-12-5-4-6-13(15)10-12/h4-6,10-11H,3,7-9H2,1-2H3,(H,17,18). The Morgan fingerprint density at radius 3 is 2.72 bits per heavy atom. The highest BCUT2D eigenvalue weighted by Gasteiger charge is 2.19. The first-order chi connectivity index (χ1) is 8.54. The predicted molar refractivity (Wildman–Crippen MR) is 69.1 cm³/mol. The van der Waals surface area contributed by atoms with Gasteiger partial charge in [0.05, 0.1) is 0 Å². The van der Waals surface area contributed by atoms with Crippen LogP contribution in [-0.2, 0) is 11.2 Å². The van der Waals surface area contributed by atoms with Crippen molar-refractivity contribution in [3.8, 4) is 0 Å². The maximum atomic E-state index is 13.0. The van der Waals surface area contributed by atoms with Crippen molar-refractivity contribution in [3.05, 3.63) is 35.6 Å². The Balaban J connectivity index is 2.59. The summed E-state index contributed by atoms with van der Waals surface area (Å²) in [5.41, 5.74) is 0.897. The highest BCUT2D eigenvalue weighted by atomic mass is 19.1. The Bertz CT molecular complexity index is 395. The average molecular weight is 253 g/mol. The quantitative estimate of drug-likeness (QED) is 0.812. The third-order valence-electron chi connectivity index (χ3n) is 2.99. The number of benzene rings is 1. The molecule has 0 aliphatic carbocycles. The van der Waals surface area contributed by atoms with Crippen molar-refractivity contribution < 1.29 is 14.3 Å². The van der Waals surface area contributed by atoms with Crippen molar-refractivity contribution in [1.82, 2.24) is 4.90 Å². The van der Waals surface area contributed by atoms with Gasteiger partial charge in [-0.1, -0.05) is 19.1 Å². The van der Waals surface area contributed by atoms with E-state index in [1.54, 1.807) is 13.0 Å². The molecule has 0 saturated heterocycles. The number of hydrogen-bond donors (Lipinski definition) is 1. The molecule has 0 heterocycles. The number of aliphatic carboxylic acids is 1. The van der Waals surface area contributed by atoms with Crippen LogP contribution in [0.5, 0.6) is 0 Å². The van der Waals surface area contributed by atoms with E-state index < -0.39 is 12.0 Å². The van der Waals surface area contributed by atoms with Crippen molar-refractivity contribution in [3.63, 3.8) is 0 Å². The highest BCUT2D eigenvalue weighted by Crippen LogP contribution is 2.08. The van der Waals surface area contributed by atoms with Crippen molar-refractivity contribution >= 4 is 5.97 Å². The first-order valence-electron chi connectivity index (χ1n) is 6.26. The maximum Gasteiger partial charge on any atom is 0.320 e. The molecule has 0 bridgehead atoms. The van der Waals surface area contributed by atoms with Crippen molar-refractivity contribution in [2.45, 2.75) is 32.7 Å². The lowest BCUT2D eigenvalue weighted by Gasteiger charge is -2.25. The minimum Gasteiger partial charge on any atom is -0.480 e. The minimum absolute atomic E-state index is 0.249. The third kappa shape index (κ3) is 4.45. The molecule has 1 rings (SSSR count). The van der Waals surface area contributed by atoms with Gasteiger partial charge in [-0.05, 0) is 44.0 Å². The van der Waals surface area contributed by atoms with Crippen LogP contribution in [-0.4, -0.2) is 35.1 Å². The lowest BCUT2D eigenvalue weighted by molar-refractivity contribution is -0.142. The molecule has 100 valence electrons. The topological polar surface area (TPSA) is 40.5 Å². The van der Waals surface area contributed by atoms with Crippen LogP contribution in [0.1, 0.15) is 25.8 Å². The number of hydrogen-bond acceptors (Lipinski definition) is 2. The molecule has 1 unspecified atom stereocenters. The van der Waals surface area contributed by atoms with Crippen LogP contribution in [0.25, 0.3) is 0 Å². The number of halogens is 1. The molecule has 4 heteroatoms. The van der Waals surface area contributed by atoms with Crippen LogP contribution in [0.2, 0.25) is 0 Å².